The number of aromatic nitrogens is 1. The predicted octanol–water partition coefficient (Wildman–Crippen LogP) is 2.14. The number of anilines is 1. The summed E-state index contributed by atoms with van der Waals surface area (Å²) in [6.45, 7) is 1.88. The van der Waals surface area contributed by atoms with E-state index < -0.39 is 16.5 Å². The summed E-state index contributed by atoms with van der Waals surface area (Å²) in [7, 11) is 2.01. The number of carbonyl (C=O) groups is 1. The van der Waals surface area contributed by atoms with Gasteiger partial charge in [-0.05, 0) is 51.4 Å². The Bertz CT molecular complexity index is 1040. The lowest BCUT2D eigenvalue weighted by Crippen LogP contribution is -2.31. The SMILES string of the molecule is CN1CCCC1COc1cc(-c2cnc3c(c2)CCCO3)c([N+](=O)[O-])c(N)c1C(N)=O. The zero-order valence-electron chi connectivity index (χ0n) is 17.3. The molecular weight excluding hydrogens is 402 g/mol. The number of ether oxygens (including phenoxy) is 2. The van der Waals surface area contributed by atoms with Crippen LogP contribution in [0.5, 0.6) is 11.6 Å². The van der Waals surface area contributed by atoms with Gasteiger partial charge in [0.15, 0.2) is 0 Å². The van der Waals surface area contributed by atoms with E-state index in [1.165, 1.54) is 12.3 Å². The van der Waals surface area contributed by atoms with Crippen LogP contribution in [0.1, 0.15) is 35.2 Å². The van der Waals surface area contributed by atoms with Crippen LogP contribution in [0.15, 0.2) is 18.3 Å². The van der Waals surface area contributed by atoms with Crippen molar-refractivity contribution in [2.45, 2.75) is 31.7 Å². The molecule has 10 heteroatoms. The molecule has 0 radical (unpaired) electrons. The number of likely N-dealkylation sites (N-methyl/N-ethyl adjacent to an activating group) is 1. The van der Waals surface area contributed by atoms with Gasteiger partial charge in [-0.3, -0.25) is 14.9 Å². The Morgan fingerprint density at radius 1 is 1.42 bits per heavy atom. The molecule has 0 bridgehead atoms. The predicted molar refractivity (Wildman–Crippen MR) is 114 cm³/mol. The number of primary amides is 1. The Balaban J connectivity index is 1.80. The first-order valence-corrected chi connectivity index (χ1v) is 10.2. The Labute approximate surface area is 179 Å². The molecule has 1 fully saturated rings. The average molecular weight is 427 g/mol. The Morgan fingerprint density at radius 3 is 2.90 bits per heavy atom. The van der Waals surface area contributed by atoms with Crippen LogP contribution in [0.3, 0.4) is 0 Å². The van der Waals surface area contributed by atoms with Crippen molar-refractivity contribution in [3.05, 3.63) is 39.6 Å². The first-order chi connectivity index (χ1) is 14.9. The number of nitrogens with two attached hydrogens (primary N) is 2. The number of amides is 1. The van der Waals surface area contributed by atoms with Gasteiger partial charge >= 0.3 is 5.69 Å². The highest BCUT2D eigenvalue weighted by atomic mass is 16.6. The van der Waals surface area contributed by atoms with E-state index >= 15 is 0 Å². The van der Waals surface area contributed by atoms with Crippen molar-refractivity contribution in [1.29, 1.82) is 0 Å². The number of benzene rings is 1. The molecule has 4 rings (SSSR count). The van der Waals surface area contributed by atoms with Gasteiger partial charge in [0.1, 0.15) is 23.6 Å². The van der Waals surface area contributed by atoms with Crippen molar-refractivity contribution in [3.8, 4) is 22.8 Å². The molecule has 1 aromatic heterocycles. The molecule has 10 nitrogen and oxygen atoms in total. The van der Waals surface area contributed by atoms with Crippen molar-refractivity contribution < 1.29 is 19.2 Å². The molecule has 0 aliphatic carbocycles. The summed E-state index contributed by atoms with van der Waals surface area (Å²) in [5, 5.41) is 11.9. The second-order valence-corrected chi connectivity index (χ2v) is 7.91. The highest BCUT2D eigenvalue weighted by Crippen LogP contribution is 2.43. The van der Waals surface area contributed by atoms with Crippen molar-refractivity contribution >= 4 is 17.3 Å². The molecule has 4 N–H and O–H groups in total. The van der Waals surface area contributed by atoms with Gasteiger partial charge in [0, 0.05) is 23.4 Å². The summed E-state index contributed by atoms with van der Waals surface area (Å²) in [6, 6.07) is 3.46. The van der Waals surface area contributed by atoms with Crippen LogP contribution in [0.25, 0.3) is 11.1 Å². The molecule has 0 saturated carbocycles. The van der Waals surface area contributed by atoms with E-state index in [0.717, 1.165) is 37.8 Å². The van der Waals surface area contributed by atoms with E-state index in [4.69, 9.17) is 20.9 Å². The summed E-state index contributed by atoms with van der Waals surface area (Å²) in [4.78, 5) is 29.9. The van der Waals surface area contributed by atoms with Crippen molar-refractivity contribution in [2.24, 2.45) is 5.73 Å². The monoisotopic (exact) mass is 427 g/mol. The Morgan fingerprint density at radius 2 is 2.23 bits per heavy atom. The van der Waals surface area contributed by atoms with Gasteiger partial charge in [0.2, 0.25) is 5.88 Å². The molecule has 31 heavy (non-hydrogen) atoms. The molecule has 1 aromatic carbocycles. The number of rotatable bonds is 6. The van der Waals surface area contributed by atoms with E-state index in [1.54, 1.807) is 0 Å². The summed E-state index contributed by atoms with van der Waals surface area (Å²) in [5.41, 5.74) is 12.3. The van der Waals surface area contributed by atoms with Crippen LogP contribution >= 0.6 is 0 Å². The lowest BCUT2D eigenvalue weighted by Gasteiger charge is -2.21. The molecule has 0 spiro atoms. The number of nitro benzene ring substituents is 1. The zero-order chi connectivity index (χ0) is 22.1. The number of fused-ring (bicyclic) bond motifs is 1. The Hall–Kier alpha value is -3.40. The first kappa shape index (κ1) is 20.9. The fourth-order valence-electron chi connectivity index (χ4n) is 4.21. The third-order valence-corrected chi connectivity index (χ3v) is 5.90. The number of likely N-dealkylation sites (tertiary alicyclic amines) is 1. The van der Waals surface area contributed by atoms with Gasteiger partial charge in [-0.2, -0.15) is 0 Å². The van der Waals surface area contributed by atoms with E-state index in [-0.39, 0.29) is 28.6 Å². The maximum atomic E-state index is 12.1. The largest absolute Gasteiger partial charge is 0.491 e. The molecule has 1 unspecified atom stereocenters. The van der Waals surface area contributed by atoms with Crippen LogP contribution in [-0.4, -0.2) is 53.6 Å². The Kier molecular flexibility index (Phi) is 5.64. The number of aryl methyl sites for hydroxylation is 1. The van der Waals surface area contributed by atoms with E-state index in [9.17, 15) is 14.9 Å². The second-order valence-electron chi connectivity index (χ2n) is 7.91. The lowest BCUT2D eigenvalue weighted by atomic mass is 9.97. The van der Waals surface area contributed by atoms with Gasteiger partial charge in [-0.25, -0.2) is 4.98 Å². The molecule has 164 valence electrons. The normalized spacial score (nSPS) is 18.3. The quantitative estimate of drug-likeness (QED) is 0.405. The van der Waals surface area contributed by atoms with Crippen LogP contribution in [-0.2, 0) is 6.42 Å². The fourth-order valence-corrected chi connectivity index (χ4v) is 4.21. The maximum absolute atomic E-state index is 12.1. The molecule has 3 heterocycles. The van der Waals surface area contributed by atoms with Crippen LogP contribution < -0.4 is 20.9 Å². The summed E-state index contributed by atoms with van der Waals surface area (Å²) in [5.74, 6) is -0.209. The number of nitro groups is 1. The summed E-state index contributed by atoms with van der Waals surface area (Å²) >= 11 is 0. The van der Waals surface area contributed by atoms with Crippen LogP contribution in [0, 0.1) is 10.1 Å². The van der Waals surface area contributed by atoms with Crippen molar-refractivity contribution in [1.82, 2.24) is 9.88 Å². The molecular formula is C21H25N5O5. The van der Waals surface area contributed by atoms with Gasteiger partial charge < -0.3 is 25.8 Å². The standard InChI is InChI=1S/C21H25N5O5/c1-25-6-2-5-14(25)11-31-16-9-15(19(26(28)29)18(22)17(16)20(23)27)13-8-12-4-3-7-30-21(12)24-10-13/h8-10,14H,2-7,11,22H2,1H3,(H2,23,27). The van der Waals surface area contributed by atoms with Gasteiger partial charge in [-0.15, -0.1) is 0 Å². The zero-order valence-corrected chi connectivity index (χ0v) is 17.3. The van der Waals surface area contributed by atoms with Gasteiger partial charge in [-0.1, -0.05) is 0 Å². The highest BCUT2D eigenvalue weighted by molar-refractivity contribution is 6.05. The fraction of sp³-hybridized carbons (Fsp3) is 0.429. The number of pyridine rings is 1. The number of nitrogens with zero attached hydrogens (tertiary/aromatic N) is 3. The highest BCUT2D eigenvalue weighted by Gasteiger charge is 2.30. The smallest absolute Gasteiger partial charge is 0.301 e. The van der Waals surface area contributed by atoms with Crippen molar-refractivity contribution in [3.63, 3.8) is 0 Å². The third kappa shape index (κ3) is 3.98. The van der Waals surface area contributed by atoms with E-state index in [1.807, 2.05) is 13.1 Å². The summed E-state index contributed by atoms with van der Waals surface area (Å²) in [6.07, 6.45) is 5.13. The second kappa shape index (κ2) is 8.38. The number of carbonyl (C=O) groups excluding carboxylic acids is 1. The minimum atomic E-state index is -0.876. The number of nitrogen functional groups attached to an aromatic ring is 1. The van der Waals surface area contributed by atoms with Crippen LogP contribution in [0.4, 0.5) is 11.4 Å². The molecule has 2 aliphatic rings. The first-order valence-electron chi connectivity index (χ1n) is 10.2. The molecule has 2 aliphatic heterocycles. The number of hydrogen-bond donors (Lipinski definition) is 2. The molecule has 2 aromatic rings. The van der Waals surface area contributed by atoms with E-state index in [2.05, 4.69) is 9.88 Å². The van der Waals surface area contributed by atoms with E-state index in [0.29, 0.717) is 24.7 Å². The topological polar surface area (TPSA) is 147 Å². The minimum Gasteiger partial charge on any atom is -0.491 e. The molecule has 1 saturated heterocycles. The van der Waals surface area contributed by atoms with Crippen molar-refractivity contribution in [2.75, 3.05) is 32.5 Å². The minimum absolute atomic E-state index is 0.139. The molecule has 1 atom stereocenters. The maximum Gasteiger partial charge on any atom is 0.301 e. The summed E-state index contributed by atoms with van der Waals surface area (Å²) < 4.78 is 11.5. The lowest BCUT2D eigenvalue weighted by molar-refractivity contribution is -0.383. The number of hydrogen-bond acceptors (Lipinski definition) is 8. The third-order valence-electron chi connectivity index (χ3n) is 5.90. The van der Waals surface area contributed by atoms with Crippen LogP contribution in [0.2, 0.25) is 0 Å². The average Bonchev–Trinajstić information content (AvgIpc) is 3.15. The molecule has 1 amide bonds. The van der Waals surface area contributed by atoms with Gasteiger partial charge in [0.25, 0.3) is 5.91 Å². The van der Waals surface area contributed by atoms with Gasteiger partial charge in [0.05, 0.1) is 17.1 Å².